The van der Waals surface area contributed by atoms with Crippen LogP contribution in [0.5, 0.6) is 0 Å². The van der Waals surface area contributed by atoms with E-state index in [1.54, 1.807) is 0 Å². The zero-order valence-corrected chi connectivity index (χ0v) is 18.7. The van der Waals surface area contributed by atoms with Crippen molar-refractivity contribution in [3.05, 3.63) is 60.2 Å². The van der Waals surface area contributed by atoms with Crippen LogP contribution in [0.25, 0.3) is 22.2 Å². The van der Waals surface area contributed by atoms with Gasteiger partial charge in [-0.3, -0.25) is 4.90 Å². The number of aliphatic hydroxyl groups excluding tert-OH is 1. The highest BCUT2D eigenvalue weighted by molar-refractivity contribution is 5.92. The molecule has 4 nitrogen and oxygen atoms in total. The molecule has 1 aliphatic carbocycles. The number of nitrogens with zero attached hydrogens (tertiary/aromatic N) is 3. The highest BCUT2D eigenvalue weighted by Crippen LogP contribution is 2.44. The van der Waals surface area contributed by atoms with Crippen LogP contribution in [0.2, 0.25) is 0 Å². The minimum Gasteiger partial charge on any atom is -0.376 e. The topological polar surface area (TPSA) is 31.6 Å². The second-order valence-corrected chi connectivity index (χ2v) is 9.41. The predicted molar refractivity (Wildman–Crippen MR) is 128 cm³/mol. The Labute approximate surface area is 186 Å². The highest BCUT2D eigenvalue weighted by atomic mass is 16.3. The summed E-state index contributed by atoms with van der Waals surface area (Å²) >= 11 is 0. The number of aliphatic hydroxyl groups is 1. The molecule has 2 aromatic carbocycles. The number of hydrogen-bond donors (Lipinski definition) is 1. The predicted octanol–water partition coefficient (Wildman–Crippen LogP) is 4.92. The standard InChI is InChI=1S/C27H35N3O/c1-28-16-18-29(19-17-28)25(31)20-30-24-15-9-8-14-23(24)26(21-10-4-2-5-11-21)27(30)22-12-6-3-7-13-22/h3,6-9,12-15,21,25,31H,2,4-5,10-11,16-20H2,1H3. The molecule has 2 heterocycles. The molecule has 1 saturated carbocycles. The molecule has 31 heavy (non-hydrogen) atoms. The van der Waals surface area contributed by atoms with Gasteiger partial charge in [0, 0.05) is 37.1 Å². The molecule has 2 fully saturated rings. The summed E-state index contributed by atoms with van der Waals surface area (Å²) in [5, 5.41) is 12.6. The summed E-state index contributed by atoms with van der Waals surface area (Å²) in [6.07, 6.45) is 6.08. The van der Waals surface area contributed by atoms with Gasteiger partial charge in [-0.2, -0.15) is 0 Å². The fourth-order valence-corrected chi connectivity index (χ4v) is 5.63. The van der Waals surface area contributed by atoms with Gasteiger partial charge < -0.3 is 14.6 Å². The third kappa shape index (κ3) is 4.17. The quantitative estimate of drug-likeness (QED) is 0.639. The Morgan fingerprint density at radius 3 is 2.29 bits per heavy atom. The van der Waals surface area contributed by atoms with Crippen LogP contribution in [-0.2, 0) is 6.54 Å². The Hall–Kier alpha value is -2.14. The maximum absolute atomic E-state index is 11.3. The van der Waals surface area contributed by atoms with E-state index in [0.29, 0.717) is 12.5 Å². The van der Waals surface area contributed by atoms with Gasteiger partial charge in [0.15, 0.2) is 0 Å². The second-order valence-electron chi connectivity index (χ2n) is 9.41. The summed E-state index contributed by atoms with van der Waals surface area (Å²) in [4.78, 5) is 4.58. The number of likely N-dealkylation sites (N-methyl/N-ethyl adjacent to an activating group) is 1. The maximum Gasteiger partial charge on any atom is 0.125 e. The second kappa shape index (κ2) is 9.15. The molecule has 1 aliphatic heterocycles. The van der Waals surface area contributed by atoms with Crippen molar-refractivity contribution in [2.75, 3.05) is 33.2 Å². The third-order valence-corrected chi connectivity index (χ3v) is 7.38. The van der Waals surface area contributed by atoms with E-state index in [2.05, 4.69) is 76.0 Å². The summed E-state index contributed by atoms with van der Waals surface area (Å²) in [5.41, 5.74) is 5.36. The Balaban J connectivity index is 1.61. The van der Waals surface area contributed by atoms with Gasteiger partial charge in [0.1, 0.15) is 6.23 Å². The largest absolute Gasteiger partial charge is 0.376 e. The van der Waals surface area contributed by atoms with Crippen LogP contribution in [0.3, 0.4) is 0 Å². The number of hydrogen-bond acceptors (Lipinski definition) is 3. The van der Waals surface area contributed by atoms with E-state index in [1.165, 1.54) is 59.8 Å². The maximum atomic E-state index is 11.3. The first-order valence-corrected chi connectivity index (χ1v) is 12.0. The molecule has 0 amide bonds. The van der Waals surface area contributed by atoms with Crippen LogP contribution < -0.4 is 0 Å². The molecule has 1 atom stereocenters. The van der Waals surface area contributed by atoms with Gasteiger partial charge >= 0.3 is 0 Å². The number of para-hydroxylation sites is 1. The van der Waals surface area contributed by atoms with E-state index in [4.69, 9.17) is 0 Å². The van der Waals surface area contributed by atoms with Crippen molar-refractivity contribution < 1.29 is 5.11 Å². The molecule has 164 valence electrons. The van der Waals surface area contributed by atoms with Crippen LogP contribution in [0.15, 0.2) is 54.6 Å². The summed E-state index contributed by atoms with van der Waals surface area (Å²) < 4.78 is 2.41. The molecule has 2 aliphatic rings. The minimum absolute atomic E-state index is 0.467. The molecular weight excluding hydrogens is 382 g/mol. The number of aromatic nitrogens is 1. The monoisotopic (exact) mass is 417 g/mol. The number of rotatable bonds is 5. The highest BCUT2D eigenvalue weighted by Gasteiger charge is 2.28. The van der Waals surface area contributed by atoms with Crippen LogP contribution >= 0.6 is 0 Å². The lowest BCUT2D eigenvalue weighted by Crippen LogP contribution is -2.50. The van der Waals surface area contributed by atoms with E-state index >= 15 is 0 Å². The lowest BCUT2D eigenvalue weighted by molar-refractivity contribution is -0.0302. The van der Waals surface area contributed by atoms with E-state index < -0.39 is 6.23 Å². The van der Waals surface area contributed by atoms with Crippen molar-refractivity contribution in [2.24, 2.45) is 0 Å². The SMILES string of the molecule is CN1CCN(C(O)Cn2c(-c3ccccc3)c(C3CCCCC3)c3ccccc32)CC1. The first-order valence-electron chi connectivity index (χ1n) is 12.0. The van der Waals surface area contributed by atoms with Crippen LogP contribution in [0.4, 0.5) is 0 Å². The smallest absolute Gasteiger partial charge is 0.125 e. The van der Waals surface area contributed by atoms with E-state index in [1.807, 2.05) is 0 Å². The van der Waals surface area contributed by atoms with Crippen molar-refractivity contribution in [3.63, 3.8) is 0 Å². The fraction of sp³-hybridized carbons (Fsp3) is 0.481. The van der Waals surface area contributed by atoms with E-state index in [9.17, 15) is 5.11 Å². The minimum atomic E-state index is -0.467. The van der Waals surface area contributed by atoms with Crippen molar-refractivity contribution in [2.45, 2.75) is 50.8 Å². The summed E-state index contributed by atoms with van der Waals surface area (Å²) in [5.74, 6) is 0.607. The molecule has 1 N–H and O–H groups in total. The van der Waals surface area contributed by atoms with Crippen molar-refractivity contribution >= 4 is 10.9 Å². The molecule has 1 unspecified atom stereocenters. The van der Waals surface area contributed by atoms with Crippen LogP contribution in [0, 0.1) is 0 Å². The molecule has 0 spiro atoms. The van der Waals surface area contributed by atoms with Gasteiger partial charge in [-0.05, 0) is 43.0 Å². The van der Waals surface area contributed by atoms with Gasteiger partial charge in [0.2, 0.25) is 0 Å². The molecule has 4 heteroatoms. The van der Waals surface area contributed by atoms with Gasteiger partial charge in [-0.15, -0.1) is 0 Å². The third-order valence-electron chi connectivity index (χ3n) is 7.38. The number of piperazine rings is 1. The number of fused-ring (bicyclic) bond motifs is 1. The van der Waals surface area contributed by atoms with E-state index in [-0.39, 0.29) is 0 Å². The first kappa shape index (κ1) is 20.7. The Morgan fingerprint density at radius 2 is 1.55 bits per heavy atom. The molecular formula is C27H35N3O. The Morgan fingerprint density at radius 1 is 0.871 bits per heavy atom. The Bertz CT molecular complexity index is 998. The zero-order chi connectivity index (χ0) is 21.2. The van der Waals surface area contributed by atoms with Gasteiger partial charge in [-0.1, -0.05) is 67.8 Å². The van der Waals surface area contributed by atoms with Gasteiger partial charge in [0.05, 0.1) is 12.2 Å². The summed E-state index contributed by atoms with van der Waals surface area (Å²) in [7, 11) is 2.16. The van der Waals surface area contributed by atoms with Gasteiger partial charge in [-0.25, -0.2) is 0 Å². The summed E-state index contributed by atoms with van der Waals surface area (Å²) in [6.45, 7) is 4.49. The average molecular weight is 418 g/mol. The molecule has 3 aromatic rings. The molecule has 5 rings (SSSR count). The van der Waals surface area contributed by atoms with Gasteiger partial charge in [0.25, 0.3) is 0 Å². The Kier molecular flexibility index (Phi) is 6.13. The molecule has 0 bridgehead atoms. The van der Waals surface area contributed by atoms with Crippen molar-refractivity contribution in [1.82, 2.24) is 14.4 Å². The van der Waals surface area contributed by atoms with Crippen molar-refractivity contribution in [1.29, 1.82) is 0 Å². The first-order chi connectivity index (χ1) is 15.2. The zero-order valence-electron chi connectivity index (χ0n) is 18.7. The van der Waals surface area contributed by atoms with Crippen molar-refractivity contribution in [3.8, 4) is 11.3 Å². The normalized spacial score (nSPS) is 20.3. The fourth-order valence-electron chi connectivity index (χ4n) is 5.63. The molecule has 1 aromatic heterocycles. The lowest BCUT2D eigenvalue weighted by atomic mass is 9.82. The number of benzene rings is 2. The van der Waals surface area contributed by atoms with Crippen LogP contribution in [0.1, 0.15) is 43.6 Å². The summed E-state index contributed by atoms with van der Waals surface area (Å²) in [6, 6.07) is 19.7. The van der Waals surface area contributed by atoms with E-state index in [0.717, 1.165) is 26.2 Å². The molecule has 1 saturated heterocycles. The van der Waals surface area contributed by atoms with Crippen LogP contribution in [-0.4, -0.2) is 58.9 Å². The lowest BCUT2D eigenvalue weighted by Gasteiger charge is -2.36. The average Bonchev–Trinajstić information content (AvgIpc) is 3.15. The molecule has 0 radical (unpaired) electrons.